The third-order valence-electron chi connectivity index (χ3n) is 1.54. The van der Waals surface area contributed by atoms with Crippen LogP contribution < -0.4 is 0 Å². The van der Waals surface area contributed by atoms with E-state index in [1.54, 1.807) is 12.1 Å². The molecule has 0 fully saturated rings. The number of thioether (sulfide) groups is 1. The number of nitrogens with zero attached hydrogens (tertiary/aromatic N) is 1. The van der Waals surface area contributed by atoms with Crippen LogP contribution in [0.4, 0.5) is 0 Å². The molecule has 0 bridgehead atoms. The Hall–Kier alpha value is -0.980. The molecule has 2 nitrogen and oxygen atoms in total. The molecule has 0 N–H and O–H groups in total. The minimum absolute atomic E-state index is 0.396. The molecule has 0 radical (unpaired) electrons. The lowest BCUT2D eigenvalue weighted by molar-refractivity contribution is 0.107. The lowest BCUT2D eigenvalue weighted by atomic mass is 10.1. The maximum absolute atomic E-state index is 10.9. The fourth-order valence-corrected chi connectivity index (χ4v) is 1.72. The van der Waals surface area contributed by atoms with E-state index in [9.17, 15) is 4.79 Å². The van der Waals surface area contributed by atoms with Gasteiger partial charge in [-0.25, -0.2) is 0 Å². The van der Waals surface area contributed by atoms with Crippen molar-refractivity contribution in [2.75, 3.05) is 6.26 Å². The summed E-state index contributed by atoms with van der Waals surface area (Å²) < 4.78 is 0. The van der Waals surface area contributed by atoms with Gasteiger partial charge in [-0.3, -0.25) is 4.79 Å². The minimum Gasteiger partial charge on any atom is -0.276 e. The molecule has 0 unspecified atom stereocenters. The van der Waals surface area contributed by atoms with E-state index >= 15 is 0 Å². The van der Waals surface area contributed by atoms with Crippen LogP contribution in [0.15, 0.2) is 23.1 Å². The van der Waals surface area contributed by atoms with Crippen LogP contribution in [0, 0.1) is 11.3 Å². The second-order valence-corrected chi connectivity index (χ2v) is 3.49. The standard InChI is InChI=1S/C9H6ClNOS/c1-13-8-3-2-6(5-11)4-7(8)9(10)12/h2-4H,1H3. The molecule has 0 aromatic heterocycles. The lowest BCUT2D eigenvalue weighted by Gasteiger charge is -2.01. The molecule has 66 valence electrons. The summed E-state index contributed by atoms with van der Waals surface area (Å²) in [6.07, 6.45) is 1.85. The maximum atomic E-state index is 10.9. The van der Waals surface area contributed by atoms with Gasteiger partial charge in [0, 0.05) is 10.5 Å². The largest absolute Gasteiger partial charge is 0.276 e. The van der Waals surface area contributed by atoms with Crippen molar-refractivity contribution in [1.29, 1.82) is 5.26 Å². The fourth-order valence-electron chi connectivity index (χ4n) is 0.931. The van der Waals surface area contributed by atoms with Crippen LogP contribution in [0.5, 0.6) is 0 Å². The molecule has 0 saturated carbocycles. The van der Waals surface area contributed by atoms with Crippen molar-refractivity contribution in [3.8, 4) is 6.07 Å². The quantitative estimate of drug-likeness (QED) is 0.558. The zero-order valence-corrected chi connectivity index (χ0v) is 8.45. The summed E-state index contributed by atoms with van der Waals surface area (Å²) in [5.41, 5.74) is 0.843. The third-order valence-corrected chi connectivity index (χ3v) is 2.54. The molecular weight excluding hydrogens is 206 g/mol. The van der Waals surface area contributed by atoms with E-state index in [2.05, 4.69) is 0 Å². The molecule has 0 heterocycles. The van der Waals surface area contributed by atoms with E-state index in [0.717, 1.165) is 4.90 Å². The highest BCUT2D eigenvalue weighted by molar-refractivity contribution is 7.98. The molecule has 0 aliphatic rings. The zero-order valence-electron chi connectivity index (χ0n) is 6.87. The van der Waals surface area contributed by atoms with Crippen LogP contribution >= 0.6 is 23.4 Å². The number of halogens is 1. The number of carbonyl (C=O) groups is 1. The van der Waals surface area contributed by atoms with Gasteiger partial charge in [-0.1, -0.05) is 0 Å². The van der Waals surface area contributed by atoms with Crippen molar-refractivity contribution < 1.29 is 4.79 Å². The SMILES string of the molecule is CSc1ccc(C#N)cc1C(=O)Cl. The van der Waals surface area contributed by atoms with Gasteiger partial charge in [-0.15, -0.1) is 11.8 Å². The predicted octanol–water partition coefficient (Wildman–Crippen LogP) is 2.66. The first-order valence-electron chi connectivity index (χ1n) is 3.47. The molecule has 0 aliphatic carbocycles. The monoisotopic (exact) mass is 211 g/mol. The number of nitriles is 1. The van der Waals surface area contributed by atoms with Crippen molar-refractivity contribution in [1.82, 2.24) is 0 Å². The zero-order chi connectivity index (χ0) is 9.84. The summed E-state index contributed by atoms with van der Waals surface area (Å²) in [5.74, 6) is 0. The second-order valence-electron chi connectivity index (χ2n) is 2.30. The van der Waals surface area contributed by atoms with Gasteiger partial charge < -0.3 is 0 Å². The van der Waals surface area contributed by atoms with Crippen LogP contribution in [0.2, 0.25) is 0 Å². The van der Waals surface area contributed by atoms with E-state index in [0.29, 0.717) is 11.1 Å². The number of hydrogen-bond acceptors (Lipinski definition) is 3. The number of carbonyl (C=O) groups excluding carboxylic acids is 1. The number of benzene rings is 1. The fraction of sp³-hybridized carbons (Fsp3) is 0.111. The third kappa shape index (κ3) is 2.24. The van der Waals surface area contributed by atoms with Crippen molar-refractivity contribution in [2.24, 2.45) is 0 Å². The van der Waals surface area contributed by atoms with E-state index < -0.39 is 5.24 Å². The van der Waals surface area contributed by atoms with Gasteiger partial charge in [-0.2, -0.15) is 5.26 Å². The molecule has 0 atom stereocenters. The Kier molecular flexibility index (Phi) is 3.35. The van der Waals surface area contributed by atoms with Crippen molar-refractivity contribution in [2.45, 2.75) is 4.90 Å². The summed E-state index contributed by atoms with van der Waals surface area (Å²) >= 11 is 6.78. The Morgan fingerprint density at radius 3 is 2.77 bits per heavy atom. The van der Waals surface area contributed by atoms with Gasteiger partial charge in [0.25, 0.3) is 5.24 Å². The number of rotatable bonds is 2. The molecule has 0 amide bonds. The Morgan fingerprint density at radius 2 is 2.31 bits per heavy atom. The van der Waals surface area contributed by atoms with E-state index in [1.807, 2.05) is 12.3 Å². The molecular formula is C9H6ClNOS. The number of hydrogen-bond donors (Lipinski definition) is 0. The smallest absolute Gasteiger partial charge is 0.253 e. The molecule has 0 aliphatic heterocycles. The first-order valence-corrected chi connectivity index (χ1v) is 5.07. The highest BCUT2D eigenvalue weighted by Crippen LogP contribution is 2.22. The van der Waals surface area contributed by atoms with Crippen LogP contribution in [0.25, 0.3) is 0 Å². The second kappa shape index (κ2) is 4.31. The Bertz CT molecular complexity index is 384. The van der Waals surface area contributed by atoms with Crippen LogP contribution in [0.1, 0.15) is 15.9 Å². The van der Waals surface area contributed by atoms with Gasteiger partial charge in [-0.05, 0) is 36.1 Å². The van der Waals surface area contributed by atoms with Crippen LogP contribution in [0.3, 0.4) is 0 Å². The predicted molar refractivity (Wildman–Crippen MR) is 53.1 cm³/mol. The van der Waals surface area contributed by atoms with Crippen LogP contribution in [-0.4, -0.2) is 11.5 Å². The van der Waals surface area contributed by atoms with E-state index in [-0.39, 0.29) is 0 Å². The Balaban J connectivity index is 3.28. The highest BCUT2D eigenvalue weighted by Gasteiger charge is 2.08. The van der Waals surface area contributed by atoms with Crippen molar-refractivity contribution >= 4 is 28.6 Å². The average molecular weight is 212 g/mol. The molecule has 0 saturated heterocycles. The molecule has 0 spiro atoms. The summed E-state index contributed by atoms with van der Waals surface area (Å²) in [4.78, 5) is 11.7. The van der Waals surface area contributed by atoms with Gasteiger partial charge >= 0.3 is 0 Å². The lowest BCUT2D eigenvalue weighted by Crippen LogP contribution is -1.93. The summed E-state index contributed by atoms with van der Waals surface area (Å²) in [6.45, 7) is 0. The molecule has 1 aromatic carbocycles. The molecule has 13 heavy (non-hydrogen) atoms. The molecule has 1 aromatic rings. The van der Waals surface area contributed by atoms with Crippen molar-refractivity contribution in [3.05, 3.63) is 29.3 Å². The Labute approximate surface area is 85.5 Å². The highest BCUT2D eigenvalue weighted by atomic mass is 35.5. The van der Waals surface area contributed by atoms with Gasteiger partial charge in [0.05, 0.1) is 11.6 Å². The average Bonchev–Trinajstić information content (AvgIpc) is 2.16. The topological polar surface area (TPSA) is 40.9 Å². The molecule has 4 heteroatoms. The summed E-state index contributed by atoms with van der Waals surface area (Å²) in [7, 11) is 0. The van der Waals surface area contributed by atoms with Gasteiger partial charge in [0.15, 0.2) is 0 Å². The first-order chi connectivity index (χ1) is 6.19. The van der Waals surface area contributed by atoms with Crippen molar-refractivity contribution in [3.63, 3.8) is 0 Å². The van der Waals surface area contributed by atoms with Gasteiger partial charge in [0.1, 0.15) is 0 Å². The van der Waals surface area contributed by atoms with E-state index in [4.69, 9.17) is 16.9 Å². The maximum Gasteiger partial charge on any atom is 0.253 e. The first kappa shape index (κ1) is 10.1. The van der Waals surface area contributed by atoms with E-state index in [1.165, 1.54) is 17.8 Å². The minimum atomic E-state index is -0.526. The van der Waals surface area contributed by atoms with Gasteiger partial charge in [0.2, 0.25) is 0 Å². The summed E-state index contributed by atoms with van der Waals surface area (Å²) in [5, 5.41) is 8.07. The Morgan fingerprint density at radius 1 is 1.62 bits per heavy atom. The summed E-state index contributed by atoms with van der Waals surface area (Å²) in [6, 6.07) is 6.84. The van der Waals surface area contributed by atoms with Crippen LogP contribution in [-0.2, 0) is 0 Å². The normalized spacial score (nSPS) is 9.31. The molecule has 1 rings (SSSR count).